The molecule has 154 valence electrons. The number of fused-ring (bicyclic) bond motifs is 1. The Morgan fingerprint density at radius 2 is 2.03 bits per heavy atom. The number of nitrogens with one attached hydrogen (secondary N) is 1. The summed E-state index contributed by atoms with van der Waals surface area (Å²) in [5, 5.41) is 14.0. The molecular formula is C22H26ClN3O3. The van der Waals surface area contributed by atoms with Gasteiger partial charge in [-0.25, -0.2) is 0 Å². The molecule has 0 saturated carbocycles. The molecule has 2 atom stereocenters. The molecule has 2 aromatic rings. The van der Waals surface area contributed by atoms with Crippen LogP contribution in [0, 0.1) is 0 Å². The van der Waals surface area contributed by atoms with Crippen LogP contribution in [0.5, 0.6) is 5.75 Å². The molecule has 2 aromatic carbocycles. The zero-order chi connectivity index (χ0) is 20.4. The van der Waals surface area contributed by atoms with Gasteiger partial charge in [0.15, 0.2) is 0 Å². The van der Waals surface area contributed by atoms with Crippen molar-refractivity contribution in [2.45, 2.75) is 25.5 Å². The van der Waals surface area contributed by atoms with E-state index in [0.717, 1.165) is 35.9 Å². The van der Waals surface area contributed by atoms with Crippen LogP contribution in [0.1, 0.15) is 12.5 Å². The van der Waals surface area contributed by atoms with Crippen LogP contribution in [-0.2, 0) is 11.2 Å². The number of hydrogen-bond acceptors (Lipinski definition) is 5. The zero-order valence-corrected chi connectivity index (χ0v) is 17.2. The van der Waals surface area contributed by atoms with E-state index in [1.54, 1.807) is 0 Å². The minimum Gasteiger partial charge on any atom is -0.491 e. The lowest BCUT2D eigenvalue weighted by Gasteiger charge is -2.41. The summed E-state index contributed by atoms with van der Waals surface area (Å²) in [6.45, 7) is 5.67. The van der Waals surface area contributed by atoms with Gasteiger partial charge in [0.05, 0.1) is 6.42 Å². The van der Waals surface area contributed by atoms with E-state index in [4.69, 9.17) is 16.3 Å². The van der Waals surface area contributed by atoms with Crippen LogP contribution >= 0.6 is 11.6 Å². The molecule has 1 saturated heterocycles. The van der Waals surface area contributed by atoms with E-state index < -0.39 is 6.10 Å². The van der Waals surface area contributed by atoms with E-state index in [0.29, 0.717) is 24.8 Å². The largest absolute Gasteiger partial charge is 0.491 e. The standard InChI is InChI=1S/C22H26ClN3O3/c1-15-12-26(18-4-2-17(23)3-5-18)9-8-25(15)13-19(27)14-29-20-6-7-21-16(10-20)11-22(28)24-21/h2-7,10,15,19,27H,8-9,11-14H2,1H3,(H,24,28)/t15-,19+/m1/s1. The summed E-state index contributed by atoms with van der Waals surface area (Å²) in [6.07, 6.45) is -0.197. The van der Waals surface area contributed by atoms with Gasteiger partial charge in [-0.2, -0.15) is 0 Å². The second kappa shape index (κ2) is 8.61. The van der Waals surface area contributed by atoms with Crippen molar-refractivity contribution >= 4 is 28.9 Å². The Labute approximate surface area is 176 Å². The van der Waals surface area contributed by atoms with Crippen LogP contribution in [0.3, 0.4) is 0 Å². The molecule has 2 N–H and O–H groups in total. The first-order valence-corrected chi connectivity index (χ1v) is 10.3. The fraction of sp³-hybridized carbons (Fsp3) is 0.409. The van der Waals surface area contributed by atoms with Crippen molar-refractivity contribution in [2.24, 2.45) is 0 Å². The van der Waals surface area contributed by atoms with E-state index in [1.807, 2.05) is 42.5 Å². The third-order valence-electron chi connectivity index (χ3n) is 5.55. The number of amides is 1. The molecule has 0 bridgehead atoms. The quantitative estimate of drug-likeness (QED) is 0.759. The van der Waals surface area contributed by atoms with Gasteiger partial charge in [-0.15, -0.1) is 0 Å². The van der Waals surface area contributed by atoms with Gasteiger partial charge >= 0.3 is 0 Å². The van der Waals surface area contributed by atoms with Crippen molar-refractivity contribution in [3.8, 4) is 5.75 Å². The van der Waals surface area contributed by atoms with Crippen molar-refractivity contribution in [3.63, 3.8) is 0 Å². The number of hydrogen-bond donors (Lipinski definition) is 2. The molecule has 29 heavy (non-hydrogen) atoms. The van der Waals surface area contributed by atoms with E-state index in [2.05, 4.69) is 22.0 Å². The maximum Gasteiger partial charge on any atom is 0.228 e. The van der Waals surface area contributed by atoms with Gasteiger partial charge in [0, 0.05) is 48.6 Å². The highest BCUT2D eigenvalue weighted by Gasteiger charge is 2.26. The predicted octanol–water partition coefficient (Wildman–Crippen LogP) is 2.79. The number of piperazine rings is 1. The van der Waals surface area contributed by atoms with Gasteiger partial charge in [0.1, 0.15) is 18.5 Å². The number of carbonyl (C=O) groups is 1. The van der Waals surface area contributed by atoms with E-state index in [9.17, 15) is 9.90 Å². The molecule has 1 fully saturated rings. The SMILES string of the molecule is C[C@@H]1CN(c2ccc(Cl)cc2)CCN1C[C@H](O)COc1ccc2c(c1)CC(=O)N2. The van der Waals surface area contributed by atoms with Crippen molar-refractivity contribution in [1.29, 1.82) is 0 Å². The Bertz CT molecular complexity index is 874. The van der Waals surface area contributed by atoms with Crippen molar-refractivity contribution < 1.29 is 14.6 Å². The summed E-state index contributed by atoms with van der Waals surface area (Å²) in [5.74, 6) is 0.684. The number of ether oxygens (including phenoxy) is 1. The second-order valence-corrected chi connectivity index (χ2v) is 8.21. The summed E-state index contributed by atoms with van der Waals surface area (Å²) in [7, 11) is 0. The van der Waals surface area contributed by atoms with Crippen LogP contribution in [0.2, 0.25) is 5.02 Å². The fourth-order valence-corrected chi connectivity index (χ4v) is 4.09. The molecule has 0 aromatic heterocycles. The number of nitrogens with zero attached hydrogens (tertiary/aromatic N) is 2. The smallest absolute Gasteiger partial charge is 0.228 e. The molecule has 2 aliphatic heterocycles. The molecule has 7 heteroatoms. The monoisotopic (exact) mass is 415 g/mol. The molecule has 4 rings (SSSR count). The Hall–Kier alpha value is -2.28. The molecule has 0 aliphatic carbocycles. The summed E-state index contributed by atoms with van der Waals surface area (Å²) >= 11 is 5.98. The molecule has 2 heterocycles. The number of aliphatic hydroxyl groups is 1. The number of β-amino-alcohol motifs (C(OH)–C–C–N with tert-alkyl or cyclic N) is 1. The Morgan fingerprint density at radius 3 is 2.79 bits per heavy atom. The van der Waals surface area contributed by atoms with Crippen molar-refractivity contribution in [3.05, 3.63) is 53.1 Å². The van der Waals surface area contributed by atoms with Crippen LogP contribution in [0.15, 0.2) is 42.5 Å². The van der Waals surface area contributed by atoms with Crippen LogP contribution in [0.25, 0.3) is 0 Å². The first kappa shape index (κ1) is 20.0. The molecule has 1 amide bonds. The lowest BCUT2D eigenvalue weighted by molar-refractivity contribution is -0.115. The number of halogens is 1. The number of carbonyl (C=O) groups excluding carboxylic acids is 1. The summed E-state index contributed by atoms with van der Waals surface area (Å²) < 4.78 is 5.77. The molecule has 0 radical (unpaired) electrons. The summed E-state index contributed by atoms with van der Waals surface area (Å²) in [5.41, 5.74) is 2.96. The highest BCUT2D eigenvalue weighted by molar-refractivity contribution is 6.30. The van der Waals surface area contributed by atoms with Gasteiger partial charge in [0.2, 0.25) is 5.91 Å². The Balaban J connectivity index is 1.26. The number of benzene rings is 2. The van der Waals surface area contributed by atoms with E-state index >= 15 is 0 Å². The molecule has 2 aliphatic rings. The molecule has 0 unspecified atom stereocenters. The van der Waals surface area contributed by atoms with Gasteiger partial charge in [-0.05, 0) is 55.0 Å². The highest BCUT2D eigenvalue weighted by Crippen LogP contribution is 2.27. The predicted molar refractivity (Wildman–Crippen MR) is 115 cm³/mol. The number of anilines is 2. The number of rotatable bonds is 6. The Morgan fingerprint density at radius 1 is 1.24 bits per heavy atom. The molecule has 0 spiro atoms. The van der Waals surface area contributed by atoms with Gasteiger partial charge in [-0.1, -0.05) is 11.6 Å². The van der Waals surface area contributed by atoms with Crippen LogP contribution in [0.4, 0.5) is 11.4 Å². The number of aliphatic hydroxyl groups excluding tert-OH is 1. The normalized spacial score (nSPS) is 20.3. The zero-order valence-electron chi connectivity index (χ0n) is 16.5. The average molecular weight is 416 g/mol. The van der Waals surface area contributed by atoms with Crippen molar-refractivity contribution in [2.75, 3.05) is 43.0 Å². The molecular weight excluding hydrogens is 390 g/mol. The first-order chi connectivity index (χ1) is 14.0. The minimum absolute atomic E-state index is 0.00362. The first-order valence-electron chi connectivity index (χ1n) is 9.96. The topological polar surface area (TPSA) is 65.0 Å². The van der Waals surface area contributed by atoms with Crippen LogP contribution < -0.4 is 15.0 Å². The summed E-state index contributed by atoms with van der Waals surface area (Å²) in [6, 6.07) is 13.8. The van der Waals surface area contributed by atoms with E-state index in [-0.39, 0.29) is 12.5 Å². The lowest BCUT2D eigenvalue weighted by atomic mass is 10.1. The Kier molecular flexibility index (Phi) is 5.94. The highest BCUT2D eigenvalue weighted by atomic mass is 35.5. The van der Waals surface area contributed by atoms with Crippen molar-refractivity contribution in [1.82, 2.24) is 4.90 Å². The van der Waals surface area contributed by atoms with Gasteiger partial charge in [-0.3, -0.25) is 9.69 Å². The fourth-order valence-electron chi connectivity index (χ4n) is 3.96. The molecule has 6 nitrogen and oxygen atoms in total. The third-order valence-corrected chi connectivity index (χ3v) is 5.80. The van der Waals surface area contributed by atoms with Gasteiger partial charge in [0.25, 0.3) is 0 Å². The minimum atomic E-state index is -0.576. The van der Waals surface area contributed by atoms with Gasteiger partial charge < -0.3 is 20.1 Å². The van der Waals surface area contributed by atoms with E-state index in [1.165, 1.54) is 5.69 Å². The lowest BCUT2D eigenvalue weighted by Crippen LogP contribution is -2.54. The maximum atomic E-state index is 11.5. The second-order valence-electron chi connectivity index (χ2n) is 7.78. The summed E-state index contributed by atoms with van der Waals surface area (Å²) in [4.78, 5) is 16.1. The van der Waals surface area contributed by atoms with Crippen LogP contribution in [-0.4, -0.2) is 60.8 Å². The third kappa shape index (κ3) is 4.83. The average Bonchev–Trinajstić information content (AvgIpc) is 3.08. The maximum absolute atomic E-state index is 11.5.